The van der Waals surface area contributed by atoms with E-state index in [2.05, 4.69) is 0 Å². The van der Waals surface area contributed by atoms with Crippen LogP contribution < -0.4 is 9.47 Å². The summed E-state index contributed by atoms with van der Waals surface area (Å²) in [4.78, 5) is 31.2. The second-order valence-corrected chi connectivity index (χ2v) is 7.21. The van der Waals surface area contributed by atoms with Crippen LogP contribution in [-0.4, -0.2) is 38.3 Å². The van der Waals surface area contributed by atoms with Crippen LogP contribution in [0.4, 0.5) is 0 Å². The van der Waals surface area contributed by atoms with Crippen molar-refractivity contribution in [2.24, 2.45) is 10.9 Å². The quantitative estimate of drug-likeness (QED) is 0.702. The number of aliphatic imine (C=N–C) groups is 1. The molecule has 1 aliphatic carbocycles. The van der Waals surface area contributed by atoms with Crippen LogP contribution in [0, 0.1) is 5.92 Å². The monoisotopic (exact) mass is 405 g/mol. The zero-order chi connectivity index (χ0) is 21.4. The lowest BCUT2D eigenvalue weighted by molar-refractivity contribution is -0.146. The minimum absolute atomic E-state index is 0.124. The lowest BCUT2D eigenvalue weighted by Crippen LogP contribution is -2.35. The van der Waals surface area contributed by atoms with Crippen LogP contribution >= 0.6 is 0 Å². The first-order valence-corrected chi connectivity index (χ1v) is 9.83. The maximum atomic E-state index is 13.5. The van der Waals surface area contributed by atoms with Crippen molar-refractivity contribution >= 4 is 23.2 Å². The first-order chi connectivity index (χ1) is 14.5. The molecule has 0 saturated carbocycles. The van der Waals surface area contributed by atoms with Crippen LogP contribution in [0.25, 0.3) is 5.70 Å². The number of nitrogens with zero attached hydrogens (tertiary/aromatic N) is 1. The van der Waals surface area contributed by atoms with Gasteiger partial charge in [0.05, 0.1) is 26.5 Å². The van der Waals surface area contributed by atoms with Crippen molar-refractivity contribution in [3.05, 3.63) is 64.7 Å². The Labute approximate surface area is 175 Å². The van der Waals surface area contributed by atoms with E-state index in [1.807, 2.05) is 24.3 Å². The molecule has 2 atom stereocenters. The molecule has 154 valence electrons. The summed E-state index contributed by atoms with van der Waals surface area (Å²) in [5, 5.41) is 0. The second kappa shape index (κ2) is 7.78. The highest BCUT2D eigenvalue weighted by atomic mass is 16.5. The first-order valence-electron chi connectivity index (χ1n) is 9.83. The molecule has 0 spiro atoms. The fourth-order valence-electron chi connectivity index (χ4n) is 4.30. The molecule has 0 radical (unpaired) electrons. The highest BCUT2D eigenvalue weighted by Crippen LogP contribution is 2.50. The van der Waals surface area contributed by atoms with E-state index in [0.29, 0.717) is 39.6 Å². The molecule has 2 aliphatic rings. The largest absolute Gasteiger partial charge is 0.497 e. The van der Waals surface area contributed by atoms with Crippen LogP contribution in [0.3, 0.4) is 0 Å². The van der Waals surface area contributed by atoms with E-state index in [-0.39, 0.29) is 12.4 Å². The minimum Gasteiger partial charge on any atom is -0.497 e. The third kappa shape index (κ3) is 3.00. The van der Waals surface area contributed by atoms with Crippen LogP contribution in [0.1, 0.15) is 41.3 Å². The number of rotatable bonds is 5. The van der Waals surface area contributed by atoms with Gasteiger partial charge in [0.2, 0.25) is 0 Å². The molecule has 2 aromatic carbocycles. The highest BCUT2D eigenvalue weighted by Gasteiger charge is 2.47. The van der Waals surface area contributed by atoms with E-state index in [4.69, 9.17) is 19.2 Å². The number of methoxy groups -OCH3 is 2. The number of allylic oxidation sites excluding steroid dienone is 1. The molecule has 2 aromatic rings. The van der Waals surface area contributed by atoms with Gasteiger partial charge in [0.1, 0.15) is 17.4 Å². The van der Waals surface area contributed by atoms with Gasteiger partial charge in [-0.3, -0.25) is 14.6 Å². The molecule has 0 N–H and O–H groups in total. The molecule has 6 heteroatoms. The minimum atomic E-state index is -0.733. The van der Waals surface area contributed by atoms with Crippen molar-refractivity contribution in [3.8, 4) is 11.5 Å². The molecule has 6 nitrogen and oxygen atoms in total. The lowest BCUT2D eigenvalue weighted by atomic mass is 9.74. The van der Waals surface area contributed by atoms with Crippen LogP contribution in [0.5, 0.6) is 11.5 Å². The van der Waals surface area contributed by atoms with E-state index < -0.39 is 17.8 Å². The fourth-order valence-corrected chi connectivity index (χ4v) is 4.30. The predicted octanol–water partition coefficient (Wildman–Crippen LogP) is 4.05. The number of ketones is 1. The van der Waals surface area contributed by atoms with Gasteiger partial charge in [0, 0.05) is 33.9 Å². The number of esters is 1. The molecule has 4 rings (SSSR count). The second-order valence-electron chi connectivity index (χ2n) is 7.21. The number of carbonyl (C=O) groups excluding carboxylic acids is 2. The lowest BCUT2D eigenvalue weighted by Gasteiger charge is -2.31. The molecule has 1 heterocycles. The molecular formula is C24H23NO5. The van der Waals surface area contributed by atoms with E-state index in [1.54, 1.807) is 46.3 Å². The van der Waals surface area contributed by atoms with Gasteiger partial charge in [-0.2, -0.15) is 0 Å². The van der Waals surface area contributed by atoms with Crippen LogP contribution in [0.15, 0.2) is 53.0 Å². The summed E-state index contributed by atoms with van der Waals surface area (Å²) in [7, 11) is 3.14. The molecule has 0 saturated heterocycles. The van der Waals surface area contributed by atoms with Gasteiger partial charge in [0.25, 0.3) is 0 Å². The standard InChI is InChI=1S/C24H23NO5/c1-5-30-24(27)19-13(2)25-22-15-8-6-7-9-16(15)23(26)21(22)20(19)17-12-14(28-3)10-11-18(17)29-4/h6-12,19-20H,5H2,1-4H3/t19?,20-/m0/s1. The predicted molar refractivity (Wildman–Crippen MR) is 113 cm³/mol. The Morgan fingerprint density at radius 3 is 2.47 bits per heavy atom. The number of hydrogen-bond acceptors (Lipinski definition) is 6. The summed E-state index contributed by atoms with van der Waals surface area (Å²) in [5.41, 5.74) is 3.78. The summed E-state index contributed by atoms with van der Waals surface area (Å²) < 4.78 is 16.4. The van der Waals surface area contributed by atoms with Gasteiger partial charge < -0.3 is 14.2 Å². The SMILES string of the molecule is CCOC(=O)C1C(C)=NC2=C(C(=O)c3ccccc32)[C@H]1c1cc(OC)ccc1OC. The normalized spacial score (nSPS) is 19.7. The van der Waals surface area contributed by atoms with E-state index in [9.17, 15) is 9.59 Å². The molecule has 0 aromatic heterocycles. The Morgan fingerprint density at radius 1 is 1.07 bits per heavy atom. The highest BCUT2D eigenvalue weighted by molar-refractivity contribution is 6.24. The molecule has 1 unspecified atom stereocenters. The summed E-state index contributed by atoms with van der Waals surface area (Å²) in [6.45, 7) is 3.80. The maximum Gasteiger partial charge on any atom is 0.315 e. The number of Topliss-reactive ketones (excluding diaryl/α,β-unsaturated/α-hetero) is 1. The summed E-state index contributed by atoms with van der Waals surface area (Å²) in [5.74, 6) is -0.687. The van der Waals surface area contributed by atoms with Gasteiger partial charge in [-0.15, -0.1) is 0 Å². The number of ether oxygens (including phenoxy) is 3. The summed E-state index contributed by atoms with van der Waals surface area (Å²) in [6, 6.07) is 12.8. The van der Waals surface area contributed by atoms with E-state index in [0.717, 1.165) is 5.56 Å². The average Bonchev–Trinajstić information content (AvgIpc) is 3.04. The summed E-state index contributed by atoms with van der Waals surface area (Å²) >= 11 is 0. The summed E-state index contributed by atoms with van der Waals surface area (Å²) in [6.07, 6.45) is 0. The van der Waals surface area contributed by atoms with Crippen LogP contribution in [0.2, 0.25) is 0 Å². The molecule has 1 aliphatic heterocycles. The number of benzene rings is 2. The molecule has 0 bridgehead atoms. The van der Waals surface area contributed by atoms with Crippen molar-refractivity contribution in [1.82, 2.24) is 0 Å². The third-order valence-electron chi connectivity index (χ3n) is 5.62. The molecular weight excluding hydrogens is 382 g/mol. The van der Waals surface area contributed by atoms with Gasteiger partial charge >= 0.3 is 5.97 Å². The Hall–Kier alpha value is -3.41. The van der Waals surface area contributed by atoms with Gasteiger partial charge in [-0.25, -0.2) is 0 Å². The first kappa shape index (κ1) is 19.9. The molecule has 0 amide bonds. The number of fused-ring (bicyclic) bond motifs is 2. The third-order valence-corrected chi connectivity index (χ3v) is 5.62. The van der Waals surface area contributed by atoms with Gasteiger partial charge in [0.15, 0.2) is 5.78 Å². The van der Waals surface area contributed by atoms with Crippen molar-refractivity contribution in [2.75, 3.05) is 20.8 Å². The molecule has 0 fully saturated rings. The smallest absolute Gasteiger partial charge is 0.315 e. The number of hydrogen-bond donors (Lipinski definition) is 0. The Bertz CT molecular complexity index is 1100. The van der Waals surface area contributed by atoms with Crippen LogP contribution in [-0.2, 0) is 9.53 Å². The van der Waals surface area contributed by atoms with Gasteiger partial charge in [-0.05, 0) is 32.0 Å². The Kier molecular flexibility index (Phi) is 5.16. The Balaban J connectivity index is 1.98. The van der Waals surface area contributed by atoms with E-state index >= 15 is 0 Å². The number of carbonyl (C=O) groups is 2. The fraction of sp³-hybridized carbons (Fsp3) is 0.292. The molecule has 30 heavy (non-hydrogen) atoms. The zero-order valence-corrected chi connectivity index (χ0v) is 17.4. The van der Waals surface area contributed by atoms with Crippen molar-refractivity contribution in [3.63, 3.8) is 0 Å². The topological polar surface area (TPSA) is 74.2 Å². The average molecular weight is 405 g/mol. The van der Waals surface area contributed by atoms with Crippen molar-refractivity contribution in [1.29, 1.82) is 0 Å². The van der Waals surface area contributed by atoms with Crippen molar-refractivity contribution in [2.45, 2.75) is 19.8 Å². The van der Waals surface area contributed by atoms with Gasteiger partial charge in [-0.1, -0.05) is 24.3 Å². The van der Waals surface area contributed by atoms with E-state index in [1.165, 1.54) is 0 Å². The zero-order valence-electron chi connectivity index (χ0n) is 17.4. The Morgan fingerprint density at radius 2 is 1.80 bits per heavy atom. The van der Waals surface area contributed by atoms with Crippen molar-refractivity contribution < 1.29 is 23.8 Å². The maximum absolute atomic E-state index is 13.5.